The summed E-state index contributed by atoms with van der Waals surface area (Å²) in [5.41, 5.74) is 4.55. The molecule has 2 aromatic carbocycles. The molecule has 0 spiro atoms. The molecule has 2 rings (SSSR count). The Balaban J connectivity index is 1.98. The number of aryl methyl sites for hydroxylation is 3. The Labute approximate surface area is 190 Å². The van der Waals surface area contributed by atoms with Crippen LogP contribution in [0.15, 0.2) is 35.2 Å². The summed E-state index contributed by atoms with van der Waals surface area (Å²) >= 11 is 6.19. The summed E-state index contributed by atoms with van der Waals surface area (Å²) in [7, 11) is -3.63. The van der Waals surface area contributed by atoms with E-state index in [2.05, 4.69) is 29.1 Å². The van der Waals surface area contributed by atoms with Gasteiger partial charge in [0.1, 0.15) is 5.75 Å². The lowest BCUT2D eigenvalue weighted by Gasteiger charge is -2.19. The largest absolute Gasteiger partial charge is 0.482 e. The number of hydrogen-bond acceptors (Lipinski definition) is 4. The molecule has 0 aliphatic carbocycles. The van der Waals surface area contributed by atoms with E-state index >= 15 is 0 Å². The van der Waals surface area contributed by atoms with E-state index in [4.69, 9.17) is 16.3 Å². The van der Waals surface area contributed by atoms with Crippen LogP contribution in [-0.2, 0) is 14.8 Å². The first-order valence-electron chi connectivity index (χ1n) is 10.3. The maximum absolute atomic E-state index is 12.4. The molecular formula is C23H31ClN2O4S. The SMILES string of the molecule is CCCCNS(=O)(=O)c1ccc(OCC(=O)NC(C)c2cc(C)c(C)cc2C)c(Cl)c1. The smallest absolute Gasteiger partial charge is 0.258 e. The minimum atomic E-state index is -3.63. The number of carbonyl (C=O) groups is 1. The number of carbonyl (C=O) groups excluding carboxylic acids is 1. The van der Waals surface area contributed by atoms with Gasteiger partial charge in [0, 0.05) is 6.54 Å². The van der Waals surface area contributed by atoms with Crippen molar-refractivity contribution in [3.8, 4) is 5.75 Å². The number of hydrogen-bond donors (Lipinski definition) is 2. The Morgan fingerprint density at radius 2 is 1.77 bits per heavy atom. The molecule has 0 aromatic heterocycles. The van der Waals surface area contributed by atoms with Gasteiger partial charge in [-0.2, -0.15) is 0 Å². The van der Waals surface area contributed by atoms with Gasteiger partial charge >= 0.3 is 0 Å². The highest BCUT2D eigenvalue weighted by atomic mass is 35.5. The van der Waals surface area contributed by atoms with Gasteiger partial charge in [0.15, 0.2) is 6.61 Å². The maximum Gasteiger partial charge on any atom is 0.258 e. The molecule has 6 nitrogen and oxygen atoms in total. The predicted octanol–water partition coefficient (Wildman–Crippen LogP) is 4.60. The van der Waals surface area contributed by atoms with Gasteiger partial charge in [0.05, 0.1) is 16.0 Å². The zero-order chi connectivity index (χ0) is 23.2. The van der Waals surface area contributed by atoms with Crippen molar-refractivity contribution in [3.63, 3.8) is 0 Å². The molecule has 0 aliphatic rings. The summed E-state index contributed by atoms with van der Waals surface area (Å²) < 4.78 is 32.6. The van der Waals surface area contributed by atoms with E-state index in [1.165, 1.54) is 29.3 Å². The van der Waals surface area contributed by atoms with Crippen molar-refractivity contribution >= 4 is 27.5 Å². The summed E-state index contributed by atoms with van der Waals surface area (Å²) in [6.07, 6.45) is 1.64. The summed E-state index contributed by atoms with van der Waals surface area (Å²) in [6, 6.07) is 8.21. The van der Waals surface area contributed by atoms with Crippen LogP contribution in [-0.4, -0.2) is 27.5 Å². The second-order valence-electron chi connectivity index (χ2n) is 7.71. The Morgan fingerprint density at radius 3 is 2.42 bits per heavy atom. The summed E-state index contributed by atoms with van der Waals surface area (Å²) in [5, 5.41) is 3.05. The second-order valence-corrected chi connectivity index (χ2v) is 9.89. The van der Waals surface area contributed by atoms with Crippen molar-refractivity contribution in [2.24, 2.45) is 0 Å². The highest BCUT2D eigenvalue weighted by Crippen LogP contribution is 2.27. The molecule has 170 valence electrons. The molecule has 1 atom stereocenters. The molecule has 0 bridgehead atoms. The molecule has 1 amide bonds. The summed E-state index contributed by atoms with van der Waals surface area (Å²) in [5.74, 6) is -0.0431. The average molecular weight is 467 g/mol. The van der Waals surface area contributed by atoms with Gasteiger partial charge in [-0.3, -0.25) is 4.79 Å². The molecule has 2 N–H and O–H groups in total. The zero-order valence-corrected chi connectivity index (χ0v) is 20.3. The topological polar surface area (TPSA) is 84.5 Å². The van der Waals surface area contributed by atoms with E-state index in [9.17, 15) is 13.2 Å². The number of nitrogens with one attached hydrogen (secondary N) is 2. The third-order valence-electron chi connectivity index (χ3n) is 5.12. The Morgan fingerprint density at radius 1 is 1.10 bits per heavy atom. The normalized spacial score (nSPS) is 12.5. The number of rotatable bonds is 10. The first-order chi connectivity index (χ1) is 14.5. The highest BCUT2D eigenvalue weighted by molar-refractivity contribution is 7.89. The van der Waals surface area contributed by atoms with Crippen LogP contribution in [0.5, 0.6) is 5.75 Å². The van der Waals surface area contributed by atoms with Crippen LogP contribution in [0.25, 0.3) is 0 Å². The lowest BCUT2D eigenvalue weighted by Crippen LogP contribution is -2.31. The first-order valence-corrected chi connectivity index (χ1v) is 12.2. The molecule has 0 radical (unpaired) electrons. The number of benzene rings is 2. The van der Waals surface area contributed by atoms with Gasteiger partial charge < -0.3 is 10.1 Å². The lowest BCUT2D eigenvalue weighted by atomic mass is 9.96. The summed E-state index contributed by atoms with van der Waals surface area (Å²) in [4.78, 5) is 12.4. The van der Waals surface area contributed by atoms with E-state index < -0.39 is 10.0 Å². The number of ether oxygens (including phenoxy) is 1. The van der Waals surface area contributed by atoms with E-state index in [0.29, 0.717) is 6.54 Å². The highest BCUT2D eigenvalue weighted by Gasteiger charge is 2.17. The van der Waals surface area contributed by atoms with Gasteiger partial charge in [-0.05, 0) is 74.6 Å². The van der Waals surface area contributed by atoms with Crippen molar-refractivity contribution in [2.75, 3.05) is 13.2 Å². The lowest BCUT2D eigenvalue weighted by molar-refractivity contribution is -0.123. The molecule has 2 aromatic rings. The Kier molecular flexibility index (Phi) is 8.91. The van der Waals surface area contributed by atoms with Crippen LogP contribution in [0, 0.1) is 20.8 Å². The van der Waals surface area contributed by atoms with Crippen LogP contribution in [0.2, 0.25) is 5.02 Å². The van der Waals surface area contributed by atoms with E-state index in [1.807, 2.05) is 27.7 Å². The summed E-state index contributed by atoms with van der Waals surface area (Å²) in [6.45, 7) is 10.2. The Hall–Kier alpha value is -2.09. The van der Waals surface area contributed by atoms with E-state index in [1.54, 1.807) is 0 Å². The number of amides is 1. The third-order valence-corrected chi connectivity index (χ3v) is 6.88. The standard InChI is InChI=1S/C23H31ClN2O4S/c1-6-7-10-25-31(28,29)19-8-9-22(21(24)13-19)30-14-23(27)26-18(5)20-12-16(3)15(2)11-17(20)4/h8-9,11-13,18,25H,6-7,10,14H2,1-5H3,(H,26,27). The quantitative estimate of drug-likeness (QED) is 0.501. The first kappa shape index (κ1) is 25.2. The van der Waals surface area contributed by atoms with Gasteiger partial charge in [-0.1, -0.05) is 37.1 Å². The molecule has 0 fully saturated rings. The van der Waals surface area contributed by atoms with Crippen LogP contribution >= 0.6 is 11.6 Å². The molecule has 8 heteroatoms. The van der Waals surface area contributed by atoms with Crippen molar-refractivity contribution in [1.29, 1.82) is 0 Å². The van der Waals surface area contributed by atoms with Gasteiger partial charge in [-0.15, -0.1) is 0 Å². The number of halogens is 1. The fraction of sp³-hybridized carbons (Fsp3) is 0.435. The van der Waals surface area contributed by atoms with Crippen LogP contribution in [0.3, 0.4) is 0 Å². The fourth-order valence-corrected chi connectivity index (χ4v) is 4.59. The number of sulfonamides is 1. The monoisotopic (exact) mass is 466 g/mol. The van der Waals surface area contributed by atoms with Gasteiger partial charge in [-0.25, -0.2) is 13.1 Å². The maximum atomic E-state index is 12.4. The van der Waals surface area contributed by atoms with Gasteiger partial charge in [0.25, 0.3) is 5.91 Å². The molecule has 0 aliphatic heterocycles. The van der Waals surface area contributed by atoms with Crippen LogP contribution < -0.4 is 14.8 Å². The Bertz CT molecular complexity index is 1040. The predicted molar refractivity (Wildman–Crippen MR) is 124 cm³/mol. The zero-order valence-electron chi connectivity index (χ0n) is 18.7. The molecule has 1 unspecified atom stereocenters. The molecule has 0 saturated heterocycles. The molecule has 0 heterocycles. The number of unbranched alkanes of at least 4 members (excludes halogenated alkanes) is 1. The van der Waals surface area contributed by atoms with Crippen LogP contribution in [0.4, 0.5) is 0 Å². The third kappa shape index (κ3) is 6.95. The molecule has 0 saturated carbocycles. The van der Waals surface area contributed by atoms with Crippen molar-refractivity contribution in [1.82, 2.24) is 10.0 Å². The average Bonchev–Trinajstić information content (AvgIpc) is 2.69. The molecular weight excluding hydrogens is 436 g/mol. The van der Waals surface area contributed by atoms with Crippen molar-refractivity contribution in [3.05, 3.63) is 57.6 Å². The minimum absolute atomic E-state index is 0.0595. The van der Waals surface area contributed by atoms with Gasteiger partial charge in [0.2, 0.25) is 10.0 Å². The molecule has 31 heavy (non-hydrogen) atoms. The fourth-order valence-electron chi connectivity index (χ4n) is 3.19. The minimum Gasteiger partial charge on any atom is -0.482 e. The van der Waals surface area contributed by atoms with Crippen molar-refractivity contribution < 1.29 is 17.9 Å². The van der Waals surface area contributed by atoms with E-state index in [-0.39, 0.29) is 34.2 Å². The second kappa shape index (κ2) is 11.0. The van der Waals surface area contributed by atoms with Crippen molar-refractivity contribution in [2.45, 2.75) is 58.4 Å². The van der Waals surface area contributed by atoms with Crippen LogP contribution in [0.1, 0.15) is 55.0 Å². The van der Waals surface area contributed by atoms with E-state index in [0.717, 1.165) is 24.0 Å².